The fourth-order valence-electron chi connectivity index (χ4n) is 9.51. The van der Waals surface area contributed by atoms with Crippen LogP contribution < -0.4 is 5.30 Å². The van der Waals surface area contributed by atoms with E-state index in [0.29, 0.717) is 5.91 Å². The minimum Gasteiger partial charge on any atom is -0.286 e. The van der Waals surface area contributed by atoms with Crippen LogP contribution >= 0.6 is 7.92 Å². The molecule has 4 aliphatic rings. The Morgan fingerprint density at radius 3 is 1.75 bits per heavy atom. The fraction of sp³-hybridized carbons (Fsp3) is 0.455. The SMILES string of the molecule is O=C(C1CCCCC1)N1C(c2ccc3ccccc3c2P(C2CCCCC2)C2CCCCC2)=N[C@@H](c2ccccc2)[C@@H]1c1ccccc1. The molecule has 0 aromatic heterocycles. The molecule has 0 unspecified atom stereocenters. The second-order valence-corrected chi connectivity index (χ2v) is 17.6. The van der Waals surface area contributed by atoms with Crippen molar-refractivity contribution >= 4 is 35.7 Å². The molecule has 4 aromatic rings. The third-order valence-electron chi connectivity index (χ3n) is 11.9. The summed E-state index contributed by atoms with van der Waals surface area (Å²) in [7, 11) is -0.437. The lowest BCUT2D eigenvalue weighted by atomic mass is 9.86. The summed E-state index contributed by atoms with van der Waals surface area (Å²) in [6, 6.07) is 35.1. The van der Waals surface area contributed by atoms with Gasteiger partial charge in [0, 0.05) is 11.5 Å². The van der Waals surface area contributed by atoms with E-state index in [0.717, 1.165) is 42.8 Å². The van der Waals surface area contributed by atoms with Gasteiger partial charge >= 0.3 is 0 Å². The number of hydrogen-bond acceptors (Lipinski definition) is 2. The lowest BCUT2D eigenvalue weighted by molar-refractivity contribution is -0.134. The highest BCUT2D eigenvalue weighted by Gasteiger charge is 2.46. The number of fused-ring (bicyclic) bond motifs is 1. The predicted molar refractivity (Wildman–Crippen MR) is 203 cm³/mol. The molecule has 0 bridgehead atoms. The van der Waals surface area contributed by atoms with Crippen LogP contribution in [0.4, 0.5) is 0 Å². The molecule has 248 valence electrons. The Balaban J connectivity index is 1.36. The van der Waals surface area contributed by atoms with E-state index in [1.54, 1.807) is 5.30 Å². The minimum atomic E-state index is -0.437. The van der Waals surface area contributed by atoms with Crippen molar-refractivity contribution in [3.05, 3.63) is 114 Å². The maximum absolute atomic E-state index is 15.1. The van der Waals surface area contributed by atoms with Crippen LogP contribution in [0.1, 0.15) is 125 Å². The zero-order valence-electron chi connectivity index (χ0n) is 28.5. The number of rotatable bonds is 7. The molecule has 0 radical (unpaired) electrons. The van der Waals surface area contributed by atoms with E-state index >= 15 is 4.79 Å². The van der Waals surface area contributed by atoms with Gasteiger partial charge in [0.05, 0.1) is 6.04 Å². The van der Waals surface area contributed by atoms with E-state index in [1.165, 1.54) is 98.1 Å². The first kappa shape index (κ1) is 31.9. The summed E-state index contributed by atoms with van der Waals surface area (Å²) >= 11 is 0. The molecule has 0 saturated heterocycles. The smallest absolute Gasteiger partial charge is 0.231 e. The monoisotopic (exact) mass is 654 g/mol. The Morgan fingerprint density at radius 1 is 0.583 bits per heavy atom. The number of hydrogen-bond donors (Lipinski definition) is 0. The summed E-state index contributed by atoms with van der Waals surface area (Å²) in [6.07, 6.45) is 19.1. The van der Waals surface area contributed by atoms with Crippen molar-refractivity contribution in [3.8, 4) is 0 Å². The van der Waals surface area contributed by atoms with Crippen molar-refractivity contribution < 1.29 is 4.79 Å². The van der Waals surface area contributed by atoms with Gasteiger partial charge in [-0.05, 0) is 83.1 Å². The maximum atomic E-state index is 15.1. The summed E-state index contributed by atoms with van der Waals surface area (Å²) < 4.78 is 0. The molecule has 8 rings (SSSR count). The molecule has 3 aliphatic carbocycles. The van der Waals surface area contributed by atoms with E-state index < -0.39 is 7.92 Å². The third-order valence-corrected chi connectivity index (χ3v) is 15.5. The molecule has 3 fully saturated rings. The van der Waals surface area contributed by atoms with Gasteiger partial charge in [-0.3, -0.25) is 14.7 Å². The van der Waals surface area contributed by atoms with Crippen LogP contribution in [0.3, 0.4) is 0 Å². The second kappa shape index (κ2) is 14.7. The minimum absolute atomic E-state index is 0.0618. The van der Waals surface area contributed by atoms with Gasteiger partial charge < -0.3 is 0 Å². The average molecular weight is 655 g/mol. The zero-order valence-corrected chi connectivity index (χ0v) is 29.4. The first-order valence-corrected chi connectivity index (χ1v) is 20.6. The van der Waals surface area contributed by atoms with Crippen molar-refractivity contribution in [1.29, 1.82) is 0 Å². The number of carbonyl (C=O) groups excluding carboxylic acids is 1. The summed E-state index contributed by atoms with van der Waals surface area (Å²) in [6.45, 7) is 0. The molecule has 4 heteroatoms. The number of benzene rings is 4. The van der Waals surface area contributed by atoms with Crippen LogP contribution in [0, 0.1) is 5.92 Å². The number of aliphatic imine (C=N–C) groups is 1. The molecule has 1 amide bonds. The Hall–Kier alpha value is -3.29. The van der Waals surface area contributed by atoms with Gasteiger partial charge in [0.1, 0.15) is 11.9 Å². The fourth-order valence-corrected chi connectivity index (χ4v) is 13.6. The topological polar surface area (TPSA) is 32.7 Å². The third kappa shape index (κ3) is 6.29. The second-order valence-electron chi connectivity index (χ2n) is 14.9. The van der Waals surface area contributed by atoms with Crippen LogP contribution in [-0.4, -0.2) is 28.0 Å². The standard InChI is InChI=1S/C44H51N2OP/c47-44(35-23-10-3-11-24-35)46-41(34-21-8-2-9-22-34)40(33-19-6-1-7-20-33)45-43(46)39-31-30-32-18-16-17-29-38(32)42(39)48(36-25-12-4-13-26-36)37-27-14-5-15-28-37/h1-2,6-9,16-22,29-31,35-37,40-41H,3-5,10-15,23-28H2/t40-,41-/m0/s1. The zero-order chi connectivity index (χ0) is 32.3. The molecule has 48 heavy (non-hydrogen) atoms. The Labute approximate surface area is 289 Å². The summed E-state index contributed by atoms with van der Waals surface area (Å²) in [5, 5.41) is 4.30. The van der Waals surface area contributed by atoms with E-state index in [4.69, 9.17) is 4.99 Å². The van der Waals surface area contributed by atoms with E-state index in [9.17, 15) is 0 Å². The highest BCUT2D eigenvalue weighted by Crippen LogP contribution is 2.57. The Kier molecular flexibility index (Phi) is 9.77. The summed E-state index contributed by atoms with van der Waals surface area (Å²) in [5.41, 5.74) is 5.12. The van der Waals surface area contributed by atoms with Crippen LogP contribution in [0.25, 0.3) is 10.8 Å². The Bertz CT molecular complexity index is 1700. The number of carbonyl (C=O) groups is 1. The van der Waals surface area contributed by atoms with Crippen molar-refractivity contribution in [1.82, 2.24) is 4.90 Å². The van der Waals surface area contributed by atoms with E-state index in [2.05, 4.69) is 102 Å². The predicted octanol–water partition coefficient (Wildman–Crippen LogP) is 11.3. The van der Waals surface area contributed by atoms with Crippen molar-refractivity contribution in [2.24, 2.45) is 10.9 Å². The van der Waals surface area contributed by atoms with Gasteiger partial charge in [0.2, 0.25) is 5.91 Å². The molecule has 3 saturated carbocycles. The van der Waals surface area contributed by atoms with Crippen molar-refractivity contribution in [3.63, 3.8) is 0 Å². The lowest BCUT2D eigenvalue weighted by Crippen LogP contribution is -2.43. The number of nitrogens with zero attached hydrogens (tertiary/aromatic N) is 2. The molecule has 4 aromatic carbocycles. The van der Waals surface area contributed by atoms with E-state index in [1.807, 2.05) is 0 Å². The van der Waals surface area contributed by atoms with Gasteiger partial charge in [-0.1, -0.05) is 157 Å². The van der Waals surface area contributed by atoms with Crippen LogP contribution in [0.5, 0.6) is 0 Å². The summed E-state index contributed by atoms with van der Waals surface area (Å²) in [5.74, 6) is 1.29. The summed E-state index contributed by atoms with van der Waals surface area (Å²) in [4.78, 5) is 23.1. The molecule has 0 spiro atoms. The highest BCUT2D eigenvalue weighted by atomic mass is 31.1. The first-order valence-electron chi connectivity index (χ1n) is 19.1. The van der Waals surface area contributed by atoms with Gasteiger partial charge in [-0.2, -0.15) is 0 Å². The maximum Gasteiger partial charge on any atom is 0.231 e. The first-order chi connectivity index (χ1) is 23.8. The molecular formula is C44H51N2OP. The average Bonchev–Trinajstić information content (AvgIpc) is 3.57. The largest absolute Gasteiger partial charge is 0.286 e. The molecule has 1 heterocycles. The van der Waals surface area contributed by atoms with Crippen LogP contribution in [0.15, 0.2) is 102 Å². The van der Waals surface area contributed by atoms with Crippen LogP contribution in [0.2, 0.25) is 0 Å². The molecule has 3 nitrogen and oxygen atoms in total. The van der Waals surface area contributed by atoms with Gasteiger partial charge in [0.25, 0.3) is 0 Å². The molecular weight excluding hydrogens is 603 g/mol. The number of amidine groups is 1. The van der Waals surface area contributed by atoms with Crippen molar-refractivity contribution in [2.75, 3.05) is 0 Å². The molecule has 2 atom stereocenters. The Morgan fingerprint density at radius 2 is 1.12 bits per heavy atom. The highest BCUT2D eigenvalue weighted by molar-refractivity contribution is 7.67. The normalized spacial score (nSPS) is 23.1. The lowest BCUT2D eigenvalue weighted by Gasteiger charge is -2.41. The molecule has 0 N–H and O–H groups in total. The molecule has 1 aliphatic heterocycles. The van der Waals surface area contributed by atoms with Gasteiger partial charge in [-0.15, -0.1) is 0 Å². The van der Waals surface area contributed by atoms with Crippen molar-refractivity contribution in [2.45, 2.75) is 120 Å². The quantitative estimate of drug-likeness (QED) is 0.183. The van der Waals surface area contributed by atoms with Crippen LogP contribution in [-0.2, 0) is 4.79 Å². The van der Waals surface area contributed by atoms with Gasteiger partial charge in [-0.25, -0.2) is 0 Å². The van der Waals surface area contributed by atoms with E-state index in [-0.39, 0.29) is 18.0 Å². The number of amides is 1. The van der Waals surface area contributed by atoms with Gasteiger partial charge in [0.15, 0.2) is 0 Å².